The summed E-state index contributed by atoms with van der Waals surface area (Å²) in [5.41, 5.74) is 14.9. The monoisotopic (exact) mass is 843 g/mol. The third kappa shape index (κ3) is 6.44. The Kier molecular flexibility index (Phi) is 8.78. The van der Waals surface area contributed by atoms with Crippen LogP contribution in [-0.4, -0.2) is 15.0 Å². The lowest BCUT2D eigenvalue weighted by molar-refractivity contribution is 0.668. The average Bonchev–Trinajstić information content (AvgIpc) is 3.97. The van der Waals surface area contributed by atoms with Crippen molar-refractivity contribution in [3.63, 3.8) is 0 Å². The van der Waals surface area contributed by atoms with Crippen LogP contribution in [0.3, 0.4) is 0 Å². The van der Waals surface area contributed by atoms with E-state index in [1.54, 1.807) is 0 Å². The Hall–Kier alpha value is -8.93. The normalized spacial score (nSPS) is 11.6. The second-order valence-corrected chi connectivity index (χ2v) is 16.7. The van der Waals surface area contributed by atoms with Crippen LogP contribution in [-0.2, 0) is 0 Å². The van der Waals surface area contributed by atoms with Gasteiger partial charge in [0.25, 0.3) is 0 Å². The zero-order valence-corrected chi connectivity index (χ0v) is 35.5. The van der Waals surface area contributed by atoms with Crippen LogP contribution >= 0.6 is 0 Å². The minimum atomic E-state index is 0.569. The first-order valence-corrected chi connectivity index (χ1v) is 22.2. The van der Waals surface area contributed by atoms with E-state index in [4.69, 9.17) is 23.8 Å². The van der Waals surface area contributed by atoms with E-state index in [0.29, 0.717) is 17.5 Å². The molecule has 0 unspecified atom stereocenters. The third-order valence-corrected chi connectivity index (χ3v) is 12.7. The van der Waals surface area contributed by atoms with E-state index in [0.717, 1.165) is 105 Å². The van der Waals surface area contributed by atoms with Crippen LogP contribution in [0.2, 0.25) is 0 Å². The van der Waals surface area contributed by atoms with E-state index >= 15 is 0 Å². The fourth-order valence-corrected chi connectivity index (χ4v) is 9.57. The number of nitrogens with zero attached hydrogens (tertiary/aromatic N) is 3. The summed E-state index contributed by atoms with van der Waals surface area (Å²) in [6.07, 6.45) is 0. The molecule has 13 rings (SSSR count). The van der Waals surface area contributed by atoms with Gasteiger partial charge in [-0.25, -0.2) is 15.0 Å². The Labute approximate surface area is 379 Å². The van der Waals surface area contributed by atoms with Crippen molar-refractivity contribution in [2.45, 2.75) is 0 Å². The van der Waals surface area contributed by atoms with Crippen molar-refractivity contribution in [3.8, 4) is 78.7 Å². The number of furan rings is 2. The van der Waals surface area contributed by atoms with E-state index in [1.807, 2.05) is 54.6 Å². The average molecular weight is 844 g/mol. The van der Waals surface area contributed by atoms with E-state index in [9.17, 15) is 0 Å². The van der Waals surface area contributed by atoms with Crippen molar-refractivity contribution in [3.05, 3.63) is 224 Å². The summed E-state index contributed by atoms with van der Waals surface area (Å²) in [5.74, 6) is 1.74. The standard InChI is InChI=1S/C61H37N3O2/c1-4-15-38(16-5-1)46-35-50(57(40-18-6-2-7-19-40)51(36-46)43-29-31-54-52(34-43)58-47-24-11-10-17-39(47)28-32-55(58)65-54)42-22-14-23-44(33-42)60-62-59(41-20-8-3-9-21-41)63-61(64-60)45-27-30-49-48-25-12-13-26-53(48)66-56(49)37-45/h1-37H. The Balaban J connectivity index is 1.03. The summed E-state index contributed by atoms with van der Waals surface area (Å²) in [4.78, 5) is 15.4. The second kappa shape index (κ2) is 15.4. The molecule has 0 aliphatic heterocycles. The Morgan fingerprint density at radius 2 is 0.773 bits per heavy atom. The van der Waals surface area contributed by atoms with Crippen LogP contribution < -0.4 is 0 Å². The Bertz CT molecular complexity index is 3990. The van der Waals surface area contributed by atoms with Gasteiger partial charge in [0.15, 0.2) is 17.5 Å². The molecular weight excluding hydrogens is 807 g/mol. The van der Waals surface area contributed by atoms with Crippen LogP contribution in [0.25, 0.3) is 133 Å². The van der Waals surface area contributed by atoms with E-state index in [2.05, 4.69) is 170 Å². The molecule has 0 aliphatic carbocycles. The minimum Gasteiger partial charge on any atom is -0.456 e. The van der Waals surface area contributed by atoms with Gasteiger partial charge in [-0.15, -0.1) is 0 Å². The lowest BCUT2D eigenvalue weighted by Gasteiger charge is -2.19. The molecular formula is C61H37N3O2. The Morgan fingerprint density at radius 3 is 1.53 bits per heavy atom. The molecule has 0 bridgehead atoms. The number of hydrogen-bond acceptors (Lipinski definition) is 5. The molecule has 0 fully saturated rings. The fraction of sp³-hybridized carbons (Fsp3) is 0. The van der Waals surface area contributed by atoms with Crippen LogP contribution in [0.15, 0.2) is 233 Å². The van der Waals surface area contributed by atoms with Crippen LogP contribution in [0, 0.1) is 0 Å². The molecule has 0 radical (unpaired) electrons. The molecule has 0 saturated carbocycles. The number of fused-ring (bicyclic) bond motifs is 8. The van der Waals surface area contributed by atoms with Crippen molar-refractivity contribution in [1.29, 1.82) is 0 Å². The molecule has 5 nitrogen and oxygen atoms in total. The second-order valence-electron chi connectivity index (χ2n) is 16.7. The molecule has 0 N–H and O–H groups in total. The number of benzene rings is 10. The SMILES string of the molecule is c1ccc(-c2cc(-c3cccc(-c4nc(-c5ccccc5)nc(-c5ccc6c(c5)oc5ccccc56)n4)c3)c(-c3ccccc3)c(-c3ccc4oc5ccc6ccccc6c5c4c3)c2)cc1. The highest BCUT2D eigenvalue weighted by atomic mass is 16.3. The predicted molar refractivity (Wildman–Crippen MR) is 270 cm³/mol. The zero-order chi connectivity index (χ0) is 43.6. The molecule has 66 heavy (non-hydrogen) atoms. The number of aromatic nitrogens is 3. The maximum absolute atomic E-state index is 6.49. The molecule has 0 amide bonds. The topological polar surface area (TPSA) is 65.0 Å². The van der Waals surface area contributed by atoms with Crippen molar-refractivity contribution >= 4 is 54.6 Å². The highest BCUT2D eigenvalue weighted by Gasteiger charge is 2.21. The molecule has 3 aromatic heterocycles. The predicted octanol–water partition coefficient (Wildman–Crippen LogP) is 16.5. The number of para-hydroxylation sites is 1. The first-order valence-electron chi connectivity index (χ1n) is 22.2. The highest BCUT2D eigenvalue weighted by Crippen LogP contribution is 2.46. The lowest BCUT2D eigenvalue weighted by Crippen LogP contribution is -2.00. The summed E-state index contributed by atoms with van der Waals surface area (Å²) in [5, 5.41) is 6.71. The molecule has 10 aromatic carbocycles. The first-order chi connectivity index (χ1) is 32.7. The summed E-state index contributed by atoms with van der Waals surface area (Å²) >= 11 is 0. The first kappa shape index (κ1) is 37.6. The van der Waals surface area contributed by atoms with Gasteiger partial charge in [-0.3, -0.25) is 0 Å². The van der Waals surface area contributed by atoms with Gasteiger partial charge < -0.3 is 8.83 Å². The minimum absolute atomic E-state index is 0.569. The highest BCUT2D eigenvalue weighted by molar-refractivity contribution is 6.19. The van der Waals surface area contributed by atoms with Gasteiger partial charge in [0, 0.05) is 38.2 Å². The van der Waals surface area contributed by atoms with Gasteiger partial charge in [0.2, 0.25) is 0 Å². The largest absolute Gasteiger partial charge is 0.456 e. The third-order valence-electron chi connectivity index (χ3n) is 12.7. The van der Waals surface area contributed by atoms with Crippen molar-refractivity contribution in [2.75, 3.05) is 0 Å². The van der Waals surface area contributed by atoms with Crippen molar-refractivity contribution in [2.24, 2.45) is 0 Å². The Morgan fingerprint density at radius 1 is 0.258 bits per heavy atom. The smallest absolute Gasteiger partial charge is 0.164 e. The van der Waals surface area contributed by atoms with E-state index in [-0.39, 0.29) is 0 Å². The van der Waals surface area contributed by atoms with Gasteiger partial charge in [-0.2, -0.15) is 0 Å². The quantitative estimate of drug-likeness (QED) is 0.160. The molecule has 5 heteroatoms. The molecule has 308 valence electrons. The molecule has 0 atom stereocenters. The van der Waals surface area contributed by atoms with Gasteiger partial charge in [-0.1, -0.05) is 170 Å². The van der Waals surface area contributed by atoms with Gasteiger partial charge in [0.1, 0.15) is 22.3 Å². The van der Waals surface area contributed by atoms with Crippen LogP contribution in [0.4, 0.5) is 0 Å². The molecule has 13 aromatic rings. The van der Waals surface area contributed by atoms with E-state index in [1.165, 1.54) is 10.8 Å². The molecule has 0 aliphatic rings. The zero-order valence-electron chi connectivity index (χ0n) is 35.5. The number of hydrogen-bond donors (Lipinski definition) is 0. The van der Waals surface area contributed by atoms with Gasteiger partial charge >= 0.3 is 0 Å². The summed E-state index contributed by atoms with van der Waals surface area (Å²) in [6, 6.07) is 78.5. The van der Waals surface area contributed by atoms with E-state index < -0.39 is 0 Å². The fourth-order valence-electron chi connectivity index (χ4n) is 9.57. The number of rotatable bonds is 7. The van der Waals surface area contributed by atoms with Gasteiger partial charge in [-0.05, 0) is 110 Å². The maximum atomic E-state index is 6.49. The molecule has 3 heterocycles. The van der Waals surface area contributed by atoms with Gasteiger partial charge in [0.05, 0.1) is 0 Å². The molecule has 0 spiro atoms. The van der Waals surface area contributed by atoms with Crippen LogP contribution in [0.1, 0.15) is 0 Å². The summed E-state index contributed by atoms with van der Waals surface area (Å²) in [7, 11) is 0. The summed E-state index contributed by atoms with van der Waals surface area (Å²) < 4.78 is 12.8. The van der Waals surface area contributed by atoms with Crippen molar-refractivity contribution in [1.82, 2.24) is 15.0 Å². The van der Waals surface area contributed by atoms with Crippen LogP contribution in [0.5, 0.6) is 0 Å². The molecule has 0 saturated heterocycles. The maximum Gasteiger partial charge on any atom is 0.164 e. The summed E-state index contributed by atoms with van der Waals surface area (Å²) in [6.45, 7) is 0. The lowest BCUT2D eigenvalue weighted by atomic mass is 9.84. The van der Waals surface area contributed by atoms with Crippen molar-refractivity contribution < 1.29 is 8.83 Å².